The summed E-state index contributed by atoms with van der Waals surface area (Å²) in [5.74, 6) is -0.200. The third kappa shape index (κ3) is 4.43. The molecular formula is C18H18FN5O2S. The Morgan fingerprint density at radius 1 is 1.26 bits per heavy atom. The highest BCUT2D eigenvalue weighted by Gasteiger charge is 2.21. The van der Waals surface area contributed by atoms with Crippen LogP contribution in [-0.4, -0.2) is 38.0 Å². The fourth-order valence-electron chi connectivity index (χ4n) is 2.32. The number of nitrogens with one attached hydrogen (secondary N) is 1. The molecule has 0 aliphatic rings. The first-order valence-electron chi connectivity index (χ1n) is 8.32. The molecule has 1 heterocycles. The van der Waals surface area contributed by atoms with Crippen LogP contribution in [0.4, 0.5) is 10.1 Å². The molecule has 1 amide bonds. The van der Waals surface area contributed by atoms with Crippen LogP contribution in [0.15, 0.2) is 53.7 Å². The normalized spacial score (nSPS) is 11.8. The van der Waals surface area contributed by atoms with Crippen molar-refractivity contribution in [2.75, 3.05) is 11.9 Å². The summed E-state index contributed by atoms with van der Waals surface area (Å²) in [6, 6.07) is 13.4. The van der Waals surface area contributed by atoms with Crippen molar-refractivity contribution in [3.8, 4) is 11.4 Å². The monoisotopic (exact) mass is 387 g/mol. The van der Waals surface area contributed by atoms with Gasteiger partial charge in [0.05, 0.1) is 17.5 Å². The van der Waals surface area contributed by atoms with Crippen LogP contribution in [0.2, 0.25) is 0 Å². The average molecular weight is 387 g/mol. The number of halogens is 1. The maximum Gasteiger partial charge on any atom is 0.237 e. The van der Waals surface area contributed by atoms with Gasteiger partial charge < -0.3 is 10.1 Å². The van der Waals surface area contributed by atoms with E-state index in [1.165, 1.54) is 28.6 Å². The van der Waals surface area contributed by atoms with Crippen LogP contribution < -0.4 is 10.1 Å². The van der Waals surface area contributed by atoms with Gasteiger partial charge in [-0.1, -0.05) is 36.0 Å². The van der Waals surface area contributed by atoms with E-state index in [1.54, 1.807) is 19.1 Å². The first kappa shape index (κ1) is 18.8. The van der Waals surface area contributed by atoms with E-state index in [0.717, 1.165) is 0 Å². The van der Waals surface area contributed by atoms with Crippen molar-refractivity contribution in [1.82, 2.24) is 20.2 Å². The van der Waals surface area contributed by atoms with Gasteiger partial charge in [0.15, 0.2) is 0 Å². The van der Waals surface area contributed by atoms with E-state index in [9.17, 15) is 9.18 Å². The highest BCUT2D eigenvalue weighted by molar-refractivity contribution is 8.00. The largest absolute Gasteiger partial charge is 0.492 e. The molecule has 0 radical (unpaired) electrons. The number of amides is 1. The van der Waals surface area contributed by atoms with Gasteiger partial charge in [0.1, 0.15) is 17.3 Å². The first-order valence-corrected chi connectivity index (χ1v) is 9.20. The van der Waals surface area contributed by atoms with Crippen LogP contribution in [-0.2, 0) is 4.79 Å². The van der Waals surface area contributed by atoms with Gasteiger partial charge in [-0.05, 0) is 48.5 Å². The first-order chi connectivity index (χ1) is 13.1. The molecule has 0 saturated heterocycles. The van der Waals surface area contributed by atoms with Crippen molar-refractivity contribution in [1.29, 1.82) is 0 Å². The molecule has 0 fully saturated rings. The zero-order valence-corrected chi connectivity index (χ0v) is 15.6. The molecule has 0 bridgehead atoms. The number of thioether (sulfide) groups is 1. The molecule has 2 aromatic carbocycles. The number of benzene rings is 2. The summed E-state index contributed by atoms with van der Waals surface area (Å²) in [6.07, 6.45) is 0. The smallest absolute Gasteiger partial charge is 0.237 e. The second-order valence-electron chi connectivity index (χ2n) is 5.50. The summed E-state index contributed by atoms with van der Waals surface area (Å²) in [4.78, 5) is 12.4. The summed E-state index contributed by atoms with van der Waals surface area (Å²) in [5.41, 5.74) is 0.810. The van der Waals surface area contributed by atoms with Crippen LogP contribution in [0.5, 0.6) is 5.75 Å². The van der Waals surface area contributed by atoms with Crippen molar-refractivity contribution < 1.29 is 13.9 Å². The summed E-state index contributed by atoms with van der Waals surface area (Å²) < 4.78 is 20.9. The van der Waals surface area contributed by atoms with Gasteiger partial charge in [-0.2, -0.15) is 4.68 Å². The molecule has 7 nitrogen and oxygen atoms in total. The summed E-state index contributed by atoms with van der Waals surface area (Å²) in [7, 11) is 0. The second-order valence-corrected chi connectivity index (χ2v) is 6.81. The molecule has 3 aromatic rings. The molecule has 27 heavy (non-hydrogen) atoms. The SMILES string of the molecule is CCOc1ccccc1-n1nnnc1S[C@@H](C)C(=O)Nc1ccccc1F. The molecule has 1 N–H and O–H groups in total. The van der Waals surface area contributed by atoms with Crippen LogP contribution in [0.25, 0.3) is 5.69 Å². The third-order valence-electron chi connectivity index (χ3n) is 3.62. The van der Waals surface area contributed by atoms with Crippen molar-refractivity contribution >= 4 is 23.4 Å². The number of rotatable bonds is 7. The zero-order chi connectivity index (χ0) is 19.2. The Hall–Kier alpha value is -2.94. The number of carbonyl (C=O) groups excluding carboxylic acids is 1. The minimum Gasteiger partial charge on any atom is -0.492 e. The second kappa shape index (κ2) is 8.63. The van der Waals surface area contributed by atoms with Crippen LogP contribution in [0.3, 0.4) is 0 Å². The number of hydrogen-bond donors (Lipinski definition) is 1. The lowest BCUT2D eigenvalue weighted by atomic mass is 10.3. The standard InChI is InChI=1S/C18H18FN5O2S/c1-3-26-16-11-7-6-10-15(16)24-18(21-22-23-24)27-12(2)17(25)20-14-9-5-4-8-13(14)19/h4-12H,3H2,1-2H3,(H,20,25)/t12-/m0/s1. The average Bonchev–Trinajstić information content (AvgIpc) is 3.12. The lowest BCUT2D eigenvalue weighted by molar-refractivity contribution is -0.115. The topological polar surface area (TPSA) is 81.9 Å². The number of ether oxygens (including phenoxy) is 1. The maximum absolute atomic E-state index is 13.7. The van der Waals surface area contributed by atoms with Gasteiger partial charge in [-0.15, -0.1) is 5.10 Å². The number of nitrogens with zero attached hydrogens (tertiary/aromatic N) is 4. The molecule has 140 valence electrons. The number of carbonyl (C=O) groups is 1. The number of anilines is 1. The van der Waals surface area contributed by atoms with Crippen LogP contribution in [0.1, 0.15) is 13.8 Å². The van der Waals surface area contributed by atoms with E-state index in [2.05, 4.69) is 20.8 Å². The number of aromatic nitrogens is 4. The summed E-state index contributed by atoms with van der Waals surface area (Å²) >= 11 is 1.17. The van der Waals surface area contributed by atoms with Gasteiger partial charge in [0.2, 0.25) is 11.1 Å². The van der Waals surface area contributed by atoms with Gasteiger partial charge in [-0.25, -0.2) is 4.39 Å². The Morgan fingerprint density at radius 2 is 2.00 bits per heavy atom. The molecule has 9 heteroatoms. The van der Waals surface area contributed by atoms with E-state index < -0.39 is 11.1 Å². The van der Waals surface area contributed by atoms with Crippen LogP contribution >= 0.6 is 11.8 Å². The van der Waals surface area contributed by atoms with E-state index in [0.29, 0.717) is 23.2 Å². The minimum atomic E-state index is -0.548. The molecule has 0 saturated carbocycles. The Morgan fingerprint density at radius 3 is 2.78 bits per heavy atom. The zero-order valence-electron chi connectivity index (χ0n) is 14.8. The molecule has 0 unspecified atom stereocenters. The molecule has 3 rings (SSSR count). The number of hydrogen-bond acceptors (Lipinski definition) is 6. The van der Waals surface area contributed by atoms with E-state index in [-0.39, 0.29) is 11.6 Å². The fourth-order valence-corrected chi connectivity index (χ4v) is 3.12. The van der Waals surface area contributed by atoms with E-state index in [4.69, 9.17) is 4.74 Å². The third-order valence-corrected chi connectivity index (χ3v) is 4.65. The molecule has 0 aliphatic heterocycles. The van der Waals surface area contributed by atoms with E-state index >= 15 is 0 Å². The lowest BCUT2D eigenvalue weighted by Gasteiger charge is -2.13. The van der Waals surface area contributed by atoms with Gasteiger partial charge in [-0.3, -0.25) is 4.79 Å². The predicted octanol–water partition coefficient (Wildman–Crippen LogP) is 3.32. The Bertz CT molecular complexity index is 933. The van der Waals surface area contributed by atoms with Gasteiger partial charge in [0, 0.05) is 0 Å². The Labute approximate surface area is 159 Å². The fraction of sp³-hybridized carbons (Fsp3) is 0.222. The van der Waals surface area contributed by atoms with Crippen LogP contribution in [0, 0.1) is 5.82 Å². The molecule has 0 spiro atoms. The molecular weight excluding hydrogens is 369 g/mol. The Kier molecular flexibility index (Phi) is 6.02. The summed E-state index contributed by atoms with van der Waals surface area (Å²) in [5, 5.41) is 14.2. The maximum atomic E-state index is 13.7. The lowest BCUT2D eigenvalue weighted by Crippen LogP contribution is -2.23. The number of tetrazole rings is 1. The highest BCUT2D eigenvalue weighted by Crippen LogP contribution is 2.28. The van der Waals surface area contributed by atoms with Crippen molar-refractivity contribution in [2.45, 2.75) is 24.3 Å². The van der Waals surface area contributed by atoms with Crippen molar-refractivity contribution in [3.05, 3.63) is 54.3 Å². The predicted molar refractivity (Wildman–Crippen MR) is 101 cm³/mol. The molecule has 0 aliphatic carbocycles. The van der Waals surface area contributed by atoms with Crippen molar-refractivity contribution in [3.63, 3.8) is 0 Å². The number of para-hydroxylation sites is 3. The molecule has 1 aromatic heterocycles. The molecule has 1 atom stereocenters. The Balaban J connectivity index is 1.77. The van der Waals surface area contributed by atoms with Gasteiger partial charge >= 0.3 is 0 Å². The van der Waals surface area contributed by atoms with E-state index in [1.807, 2.05) is 31.2 Å². The quantitative estimate of drug-likeness (QED) is 0.627. The summed E-state index contributed by atoms with van der Waals surface area (Å²) in [6.45, 7) is 4.10. The van der Waals surface area contributed by atoms with Gasteiger partial charge in [0.25, 0.3) is 0 Å². The van der Waals surface area contributed by atoms with Crippen molar-refractivity contribution in [2.24, 2.45) is 0 Å². The minimum absolute atomic E-state index is 0.135. The highest BCUT2D eigenvalue weighted by atomic mass is 32.2.